The summed E-state index contributed by atoms with van der Waals surface area (Å²) in [6, 6.07) is 0. The highest BCUT2D eigenvalue weighted by molar-refractivity contribution is 5.09. The van der Waals surface area contributed by atoms with Crippen molar-refractivity contribution in [1.29, 1.82) is 0 Å². The summed E-state index contributed by atoms with van der Waals surface area (Å²) in [7, 11) is 0. The Bertz CT molecular complexity index is 1420. The van der Waals surface area contributed by atoms with Gasteiger partial charge in [0, 0.05) is 38.5 Å². The van der Waals surface area contributed by atoms with E-state index in [-0.39, 0.29) is 0 Å². The minimum Gasteiger partial charge on any atom is -0.434 e. The van der Waals surface area contributed by atoms with Gasteiger partial charge in [-0.2, -0.15) is 0 Å². The fourth-order valence-corrected chi connectivity index (χ4v) is 6.44. The summed E-state index contributed by atoms with van der Waals surface area (Å²) in [5.41, 5.74) is 0. The Morgan fingerprint density at radius 1 is 0.290 bits per heavy atom. The van der Waals surface area contributed by atoms with Crippen LogP contribution in [0.1, 0.15) is 267 Å². The smallest absolute Gasteiger partial charge is 0.434 e. The fourth-order valence-electron chi connectivity index (χ4n) is 6.44. The molecule has 0 radical (unpaired) electrons. The van der Waals surface area contributed by atoms with Gasteiger partial charge in [0.2, 0.25) is 6.10 Å². The molecular weight excluding hydrogens is 769 g/mol. The maximum atomic E-state index is 6.71. The molecule has 0 saturated heterocycles. The van der Waals surface area contributed by atoms with Crippen molar-refractivity contribution in [2.75, 3.05) is 0 Å². The molecule has 0 N–H and O–H groups in total. The number of unbranched alkanes of at least 4 members (excludes halogenated alkanes) is 26. The third-order valence-corrected chi connectivity index (χ3v) is 10.4. The summed E-state index contributed by atoms with van der Waals surface area (Å²) in [5, 5.41) is 0. The van der Waals surface area contributed by atoms with Gasteiger partial charge in [0.05, 0.1) is 0 Å². The Morgan fingerprint density at radius 2 is 0.597 bits per heavy atom. The van der Waals surface area contributed by atoms with E-state index >= 15 is 0 Å². The van der Waals surface area contributed by atoms with E-state index in [1.54, 1.807) is 0 Å². The Balaban J connectivity index is 7.91. The van der Waals surface area contributed by atoms with Crippen LogP contribution in [0.3, 0.4) is 0 Å². The van der Waals surface area contributed by atoms with Crippen LogP contribution < -0.4 is 0 Å². The largest absolute Gasteiger partial charge is 0.530 e. The SMILES string of the molecule is CCCC#COC(CCCCCCCC)C(OC#CCCCC)(OC#CCCCCC)C(OC#CCCCCCC)(OC#CCCCCCCC)OC#CCCCCCCCC. The van der Waals surface area contributed by atoms with Gasteiger partial charge in [-0.25, -0.2) is 0 Å². The molecular formula is C56H90O6. The second-order valence-electron chi connectivity index (χ2n) is 16.4. The van der Waals surface area contributed by atoms with Crippen LogP contribution in [-0.4, -0.2) is 17.9 Å². The van der Waals surface area contributed by atoms with E-state index in [4.69, 9.17) is 28.4 Å². The molecule has 3 unspecified atom stereocenters. The first-order chi connectivity index (χ1) is 30.6. The number of rotatable bonds is 36. The quantitative estimate of drug-likeness (QED) is 0.0355. The van der Waals surface area contributed by atoms with Gasteiger partial charge in [0.25, 0.3) is 0 Å². The van der Waals surface area contributed by atoms with Gasteiger partial charge in [-0.05, 0) is 51.4 Å². The molecule has 350 valence electrons. The van der Waals surface area contributed by atoms with Crippen molar-refractivity contribution in [3.8, 4) is 72.2 Å². The molecule has 0 aromatic rings. The van der Waals surface area contributed by atoms with E-state index in [9.17, 15) is 0 Å². The number of hydrogen-bond acceptors (Lipinski definition) is 6. The first-order valence-electron chi connectivity index (χ1n) is 25.5. The summed E-state index contributed by atoms with van der Waals surface area (Å²) in [5.74, 6) is 14.8. The van der Waals surface area contributed by atoms with Crippen molar-refractivity contribution in [2.45, 2.75) is 285 Å². The predicted molar refractivity (Wildman–Crippen MR) is 259 cm³/mol. The molecule has 0 bridgehead atoms. The zero-order valence-corrected chi connectivity index (χ0v) is 41.1. The Morgan fingerprint density at radius 3 is 1.02 bits per heavy atom. The fraction of sp³-hybridized carbons (Fsp3) is 0.786. The van der Waals surface area contributed by atoms with Gasteiger partial charge in [0.15, 0.2) is 0 Å². The molecule has 0 aliphatic rings. The molecule has 0 rings (SSSR count). The summed E-state index contributed by atoms with van der Waals surface area (Å²) in [4.78, 5) is 0. The van der Waals surface area contributed by atoms with Gasteiger partial charge in [-0.3, -0.25) is 0 Å². The maximum absolute atomic E-state index is 6.71. The number of hydrogen-bond donors (Lipinski definition) is 0. The molecule has 62 heavy (non-hydrogen) atoms. The van der Waals surface area contributed by atoms with Gasteiger partial charge >= 0.3 is 11.8 Å². The van der Waals surface area contributed by atoms with Crippen LogP contribution in [0.15, 0.2) is 0 Å². The van der Waals surface area contributed by atoms with Gasteiger partial charge < -0.3 is 28.4 Å². The standard InChI is InChI=1S/C56H90O6/c1-8-15-22-28-32-34-39-46-53-62-56(60-51-44-37-31-25-18-11-4,61-52-45-38-33-29-23-16-9-2)55(58-49-42-27-20-13-6,59-50-43-36-26-19-12-5)54(57-48-41-21-14-7)47-40-35-30-24-17-10-3/h54H,8-40,47H2,1-7H3. The van der Waals surface area contributed by atoms with Gasteiger partial charge in [0.1, 0.15) is 36.6 Å². The van der Waals surface area contributed by atoms with E-state index in [1.807, 2.05) is 0 Å². The molecule has 6 nitrogen and oxygen atoms in total. The third-order valence-electron chi connectivity index (χ3n) is 10.4. The van der Waals surface area contributed by atoms with E-state index in [0.29, 0.717) is 44.9 Å². The van der Waals surface area contributed by atoms with Gasteiger partial charge in [-0.1, -0.05) is 212 Å². The Kier molecular flexibility index (Phi) is 42.4. The zero-order chi connectivity index (χ0) is 45.3. The van der Waals surface area contributed by atoms with Crippen molar-refractivity contribution >= 4 is 0 Å². The monoisotopic (exact) mass is 859 g/mol. The minimum atomic E-state index is -2.32. The van der Waals surface area contributed by atoms with Crippen LogP contribution in [0.2, 0.25) is 0 Å². The molecule has 0 aliphatic heterocycles. The van der Waals surface area contributed by atoms with E-state index < -0.39 is 17.9 Å². The first-order valence-corrected chi connectivity index (χ1v) is 25.5. The Labute approximate surface area is 383 Å². The average molecular weight is 859 g/mol. The minimum absolute atomic E-state index is 0.458. The summed E-state index contributed by atoms with van der Waals surface area (Å²) in [6.07, 6.45) is 50.2. The summed E-state index contributed by atoms with van der Waals surface area (Å²) in [6.45, 7) is 15.3. The van der Waals surface area contributed by atoms with Crippen LogP contribution in [0.4, 0.5) is 0 Å². The second-order valence-corrected chi connectivity index (χ2v) is 16.4. The molecule has 0 spiro atoms. The molecule has 0 aliphatic carbocycles. The number of ether oxygens (including phenoxy) is 6. The van der Waals surface area contributed by atoms with Gasteiger partial charge in [-0.15, -0.1) is 0 Å². The second kappa shape index (κ2) is 45.2. The molecule has 6 heteroatoms. The van der Waals surface area contributed by atoms with Crippen molar-refractivity contribution in [1.82, 2.24) is 0 Å². The average Bonchev–Trinajstić information content (AvgIpc) is 3.28. The molecule has 3 atom stereocenters. The van der Waals surface area contributed by atoms with Crippen LogP contribution in [-0.2, 0) is 28.4 Å². The van der Waals surface area contributed by atoms with E-state index in [2.05, 4.69) is 121 Å². The first kappa shape index (κ1) is 58.2. The molecule has 0 heterocycles. The predicted octanol–water partition coefficient (Wildman–Crippen LogP) is 16.0. The Hall–Kier alpha value is -3.84. The van der Waals surface area contributed by atoms with Crippen LogP contribution >= 0.6 is 0 Å². The zero-order valence-electron chi connectivity index (χ0n) is 41.1. The normalized spacial score (nSPS) is 12.4. The lowest BCUT2D eigenvalue weighted by atomic mass is 9.98. The summed E-state index contributed by atoms with van der Waals surface area (Å²) >= 11 is 0. The van der Waals surface area contributed by atoms with Crippen molar-refractivity contribution in [3.05, 3.63) is 0 Å². The van der Waals surface area contributed by atoms with E-state index in [1.165, 1.54) is 57.8 Å². The van der Waals surface area contributed by atoms with Crippen molar-refractivity contribution in [2.24, 2.45) is 0 Å². The molecule has 0 aromatic heterocycles. The molecule has 0 saturated carbocycles. The van der Waals surface area contributed by atoms with Crippen LogP contribution in [0.5, 0.6) is 0 Å². The summed E-state index contributed by atoms with van der Waals surface area (Å²) < 4.78 is 39.6. The maximum Gasteiger partial charge on any atom is 0.530 e. The lowest BCUT2D eigenvalue weighted by molar-refractivity contribution is -0.448. The highest BCUT2D eigenvalue weighted by Crippen LogP contribution is 2.40. The van der Waals surface area contributed by atoms with Crippen LogP contribution in [0, 0.1) is 72.2 Å². The third kappa shape index (κ3) is 30.2. The highest BCUT2D eigenvalue weighted by Gasteiger charge is 2.72. The van der Waals surface area contributed by atoms with Crippen LogP contribution in [0.25, 0.3) is 0 Å². The lowest BCUT2D eigenvalue weighted by Gasteiger charge is -2.41. The molecule has 0 amide bonds. The van der Waals surface area contributed by atoms with E-state index in [0.717, 1.165) is 116 Å². The molecule has 0 aromatic carbocycles. The molecule has 0 fully saturated rings. The van der Waals surface area contributed by atoms with Crippen molar-refractivity contribution < 1.29 is 28.4 Å². The topological polar surface area (TPSA) is 55.4 Å². The highest BCUT2D eigenvalue weighted by atomic mass is 16.9. The lowest BCUT2D eigenvalue weighted by Crippen LogP contribution is -2.66. The van der Waals surface area contributed by atoms with Crippen molar-refractivity contribution in [3.63, 3.8) is 0 Å².